The van der Waals surface area contributed by atoms with Gasteiger partial charge in [-0.2, -0.15) is 0 Å². The van der Waals surface area contributed by atoms with E-state index in [-0.39, 0.29) is 22.8 Å². The molecule has 1 rings (SSSR count). The van der Waals surface area contributed by atoms with Crippen LogP contribution in [0.5, 0.6) is 0 Å². The average Bonchev–Trinajstić information content (AvgIpc) is 1.91. The van der Waals surface area contributed by atoms with Gasteiger partial charge >= 0.3 is 55.6 Å². The van der Waals surface area contributed by atoms with Crippen LogP contribution in [0.1, 0.15) is 13.8 Å². The van der Waals surface area contributed by atoms with Crippen molar-refractivity contribution in [2.75, 3.05) is 0 Å². The quantitative estimate of drug-likeness (QED) is 0.584. The summed E-state index contributed by atoms with van der Waals surface area (Å²) in [5.41, 5.74) is 1.52. The molecule has 1 aliphatic heterocycles. The zero-order chi connectivity index (χ0) is 5.28. The Morgan fingerprint density at radius 1 is 1.43 bits per heavy atom. The van der Waals surface area contributed by atoms with Crippen LogP contribution in [0.3, 0.4) is 0 Å². The molecule has 0 aliphatic carbocycles. The van der Waals surface area contributed by atoms with Crippen molar-refractivity contribution in [2.24, 2.45) is 0 Å². The molecule has 1 aliphatic rings. The van der Waals surface area contributed by atoms with E-state index in [0.717, 1.165) is 0 Å². The normalized spacial score (nSPS) is 20.6. The molecule has 0 N–H and O–H groups in total. The predicted octanol–water partition coefficient (Wildman–Crippen LogP) is 1.00. The molecule has 0 fully saturated rings. The van der Waals surface area contributed by atoms with E-state index in [1.54, 1.807) is 3.63 Å². The molecule has 0 unspecified atom stereocenters. The van der Waals surface area contributed by atoms with Crippen molar-refractivity contribution >= 4 is 26.5 Å². The van der Waals surface area contributed by atoms with Crippen LogP contribution in [0, 0.1) is 3.63 Å². The molecular weight excluding hydrogens is 281 g/mol. The molecule has 37 valence electrons. The molecule has 1 heterocycles. The van der Waals surface area contributed by atoms with E-state index in [4.69, 9.17) is 0 Å². The van der Waals surface area contributed by atoms with E-state index in [1.165, 1.54) is 5.57 Å². The van der Waals surface area contributed by atoms with Crippen LogP contribution in [-0.4, -0.2) is 26.5 Å². The van der Waals surface area contributed by atoms with Gasteiger partial charge in [0.15, 0.2) is 0 Å². The summed E-state index contributed by atoms with van der Waals surface area (Å²) in [4.78, 5) is 0. The molecule has 0 saturated heterocycles. The third-order valence-electron chi connectivity index (χ3n) is 1.16. The van der Waals surface area contributed by atoms with Crippen molar-refractivity contribution in [1.29, 1.82) is 0 Å². The standard InChI is InChI=1S/C6H8.Bi/c1-4-6(3)5-2;/h1,4H,2-3H3;. The van der Waals surface area contributed by atoms with Crippen LogP contribution < -0.4 is 0 Å². The number of hydrogen-bond acceptors (Lipinski definition) is 0. The Kier molecular flexibility index (Phi) is 1.75. The topological polar surface area (TPSA) is 0 Å². The van der Waals surface area contributed by atoms with Crippen molar-refractivity contribution in [3.8, 4) is 0 Å². The monoisotopic (exact) mass is 289 g/mol. The van der Waals surface area contributed by atoms with Gasteiger partial charge in [-0.1, -0.05) is 0 Å². The summed E-state index contributed by atoms with van der Waals surface area (Å²) >= 11 is -0.197. The van der Waals surface area contributed by atoms with Crippen molar-refractivity contribution in [1.82, 2.24) is 0 Å². The Morgan fingerprint density at radius 2 is 2.14 bits per heavy atom. The third kappa shape index (κ3) is 1.19. The Balaban J connectivity index is 2.69. The summed E-state index contributed by atoms with van der Waals surface area (Å²) in [6, 6.07) is 0. The maximum absolute atomic E-state index is 2.38. The van der Waals surface area contributed by atoms with Gasteiger partial charge in [-0.25, -0.2) is 0 Å². The van der Waals surface area contributed by atoms with Crippen molar-refractivity contribution < 1.29 is 0 Å². The first-order valence-corrected chi connectivity index (χ1v) is 6.10. The van der Waals surface area contributed by atoms with Crippen LogP contribution in [0.2, 0.25) is 0 Å². The van der Waals surface area contributed by atoms with E-state index in [0.29, 0.717) is 0 Å². The maximum atomic E-state index is 2.38. The summed E-state index contributed by atoms with van der Waals surface area (Å²) in [5.74, 6) is 0. The summed E-state index contributed by atoms with van der Waals surface area (Å²) in [5, 5.41) is 0. The fraction of sp³-hybridized carbons (Fsp3) is 0.333. The van der Waals surface area contributed by atoms with Crippen molar-refractivity contribution in [2.45, 2.75) is 13.8 Å². The first-order chi connectivity index (χ1) is 3.30. The van der Waals surface area contributed by atoms with E-state index >= 15 is 0 Å². The van der Waals surface area contributed by atoms with Crippen LogP contribution >= 0.6 is 0 Å². The van der Waals surface area contributed by atoms with Gasteiger partial charge in [0.1, 0.15) is 0 Å². The van der Waals surface area contributed by atoms with Gasteiger partial charge < -0.3 is 0 Å². The van der Waals surface area contributed by atoms with Crippen LogP contribution in [0.4, 0.5) is 0 Å². The van der Waals surface area contributed by atoms with Crippen LogP contribution in [0.15, 0.2) is 11.6 Å². The number of allylic oxidation sites excluding steroid dienone is 2. The summed E-state index contributed by atoms with van der Waals surface area (Å²) < 4.78 is 4.07. The Hall–Kier alpha value is 0.493. The molecule has 7 heavy (non-hydrogen) atoms. The van der Waals surface area contributed by atoms with Gasteiger partial charge in [0.05, 0.1) is 0 Å². The van der Waals surface area contributed by atoms with E-state index in [9.17, 15) is 0 Å². The van der Waals surface area contributed by atoms with E-state index < -0.39 is 0 Å². The molecule has 0 spiro atoms. The second-order valence-corrected chi connectivity index (χ2v) is 6.48. The molecule has 0 saturated carbocycles. The zero-order valence-corrected chi connectivity index (χ0v) is 8.08. The van der Waals surface area contributed by atoms with Gasteiger partial charge in [-0.3, -0.25) is 0 Å². The van der Waals surface area contributed by atoms with E-state index in [1.807, 2.05) is 0 Å². The SMILES string of the molecule is C[C]1[Bi]=[CH]C=C1C. The van der Waals surface area contributed by atoms with Gasteiger partial charge in [-0.15, -0.1) is 0 Å². The summed E-state index contributed by atoms with van der Waals surface area (Å²) in [7, 11) is 0. The minimum absolute atomic E-state index is 0.197. The third-order valence-corrected chi connectivity index (χ3v) is 5.20. The molecule has 0 atom stereocenters. The number of hydrogen-bond donors (Lipinski definition) is 0. The zero-order valence-electron chi connectivity index (χ0n) is 4.60. The van der Waals surface area contributed by atoms with Crippen LogP contribution in [-0.2, 0) is 0 Å². The molecule has 0 amide bonds. The summed E-state index contributed by atoms with van der Waals surface area (Å²) in [6.07, 6.45) is 2.26. The van der Waals surface area contributed by atoms with Gasteiger partial charge in [-0.05, 0) is 0 Å². The van der Waals surface area contributed by atoms with Crippen LogP contribution in [0.25, 0.3) is 0 Å². The molecule has 0 nitrogen and oxygen atoms in total. The predicted molar refractivity (Wildman–Crippen MR) is 34.5 cm³/mol. The van der Waals surface area contributed by atoms with Gasteiger partial charge in [0, 0.05) is 0 Å². The molecule has 1 radical (unpaired) electrons. The van der Waals surface area contributed by atoms with E-state index in [2.05, 4.69) is 23.6 Å². The second-order valence-electron chi connectivity index (χ2n) is 1.71. The van der Waals surface area contributed by atoms with Gasteiger partial charge in [0.25, 0.3) is 0 Å². The first kappa shape index (κ1) is 5.63. The molecule has 0 aromatic carbocycles. The average molecular weight is 289 g/mol. The number of rotatable bonds is 0. The Bertz CT molecular complexity index is 122. The van der Waals surface area contributed by atoms with Crippen molar-refractivity contribution in [3.05, 3.63) is 15.3 Å². The molecular formula is C6H8Bi. The molecule has 0 aromatic heterocycles. The Morgan fingerprint density at radius 3 is 2.29 bits per heavy atom. The minimum atomic E-state index is -0.197. The van der Waals surface area contributed by atoms with Gasteiger partial charge in [0.2, 0.25) is 0 Å². The molecule has 1 heteroatoms. The fourth-order valence-electron chi connectivity index (χ4n) is 0.483. The van der Waals surface area contributed by atoms with Crippen molar-refractivity contribution in [3.63, 3.8) is 0 Å². The summed E-state index contributed by atoms with van der Waals surface area (Å²) in [6.45, 7) is 4.45. The molecule has 0 bridgehead atoms. The fourth-order valence-corrected chi connectivity index (χ4v) is 3.59. The second kappa shape index (κ2) is 2.17. The molecule has 0 aromatic rings. The first-order valence-electron chi connectivity index (χ1n) is 2.35. The Labute approximate surface area is 55.7 Å².